The molecule has 2 heterocycles. The molecule has 0 unspecified atom stereocenters. The molecule has 1 amide bonds. The molecular weight excluding hydrogens is 350 g/mol. The number of hydrogen-bond acceptors (Lipinski definition) is 7. The third-order valence-electron chi connectivity index (χ3n) is 3.86. The van der Waals surface area contributed by atoms with Crippen LogP contribution < -0.4 is 19.5 Å². The van der Waals surface area contributed by atoms with Crippen LogP contribution in [0.4, 0.5) is 5.69 Å². The zero-order chi connectivity index (χ0) is 19.4. The maximum atomic E-state index is 12.6. The Hall–Kier alpha value is -3.62. The minimum atomic E-state index is -0.341. The van der Waals surface area contributed by atoms with Crippen molar-refractivity contribution in [2.45, 2.75) is 0 Å². The third kappa shape index (κ3) is 3.81. The normalized spacial score (nSPS) is 10.4. The molecule has 0 bridgehead atoms. The van der Waals surface area contributed by atoms with Crippen LogP contribution in [0.15, 0.2) is 36.7 Å². The fourth-order valence-corrected chi connectivity index (χ4v) is 2.51. The first-order valence-electron chi connectivity index (χ1n) is 7.99. The van der Waals surface area contributed by atoms with Gasteiger partial charge in [-0.05, 0) is 24.3 Å². The summed E-state index contributed by atoms with van der Waals surface area (Å²) in [5.41, 5.74) is 2.12. The SMILES string of the molecule is COc1ccc(OC)c(-c2cc(C(=O)Nc3cnc(OC)nc3)n(C)n2)c1. The zero-order valence-electron chi connectivity index (χ0n) is 15.4. The lowest BCUT2D eigenvalue weighted by Crippen LogP contribution is -2.16. The van der Waals surface area contributed by atoms with E-state index in [4.69, 9.17) is 14.2 Å². The van der Waals surface area contributed by atoms with Crippen LogP contribution in [0.25, 0.3) is 11.3 Å². The summed E-state index contributed by atoms with van der Waals surface area (Å²) in [6.45, 7) is 0. The summed E-state index contributed by atoms with van der Waals surface area (Å²) in [5.74, 6) is 0.953. The highest BCUT2D eigenvalue weighted by molar-refractivity contribution is 6.03. The van der Waals surface area contributed by atoms with Crippen LogP contribution in [0.5, 0.6) is 17.5 Å². The van der Waals surface area contributed by atoms with Gasteiger partial charge in [0.05, 0.1) is 45.1 Å². The molecule has 3 rings (SSSR count). The number of methoxy groups -OCH3 is 3. The largest absolute Gasteiger partial charge is 0.497 e. The molecule has 0 saturated heterocycles. The Morgan fingerprint density at radius 3 is 2.41 bits per heavy atom. The third-order valence-corrected chi connectivity index (χ3v) is 3.86. The Kier molecular flexibility index (Phi) is 5.20. The van der Waals surface area contributed by atoms with Gasteiger partial charge >= 0.3 is 6.01 Å². The highest BCUT2D eigenvalue weighted by Crippen LogP contribution is 2.33. The second kappa shape index (κ2) is 7.73. The summed E-state index contributed by atoms with van der Waals surface area (Å²) in [4.78, 5) is 20.5. The number of hydrogen-bond donors (Lipinski definition) is 1. The highest BCUT2D eigenvalue weighted by atomic mass is 16.5. The van der Waals surface area contributed by atoms with Gasteiger partial charge in [-0.15, -0.1) is 0 Å². The molecule has 0 atom stereocenters. The summed E-state index contributed by atoms with van der Waals surface area (Å²) >= 11 is 0. The van der Waals surface area contributed by atoms with Gasteiger partial charge in [0.25, 0.3) is 5.91 Å². The van der Waals surface area contributed by atoms with Gasteiger partial charge in [-0.25, -0.2) is 9.97 Å². The molecule has 0 radical (unpaired) electrons. The van der Waals surface area contributed by atoms with Gasteiger partial charge in [-0.1, -0.05) is 0 Å². The summed E-state index contributed by atoms with van der Waals surface area (Å²) in [5, 5.41) is 7.15. The lowest BCUT2D eigenvalue weighted by molar-refractivity contribution is 0.101. The predicted molar refractivity (Wildman–Crippen MR) is 98.3 cm³/mol. The number of carbonyl (C=O) groups excluding carboxylic acids is 1. The minimum absolute atomic E-state index is 0.223. The Morgan fingerprint density at radius 1 is 1.04 bits per heavy atom. The van der Waals surface area contributed by atoms with Gasteiger partial charge in [-0.3, -0.25) is 9.48 Å². The van der Waals surface area contributed by atoms with E-state index < -0.39 is 0 Å². The highest BCUT2D eigenvalue weighted by Gasteiger charge is 2.18. The number of aromatic nitrogens is 4. The maximum absolute atomic E-state index is 12.6. The van der Waals surface area contributed by atoms with Crippen molar-refractivity contribution in [3.05, 3.63) is 42.4 Å². The lowest BCUT2D eigenvalue weighted by Gasteiger charge is -2.08. The number of aryl methyl sites for hydroxylation is 1. The van der Waals surface area contributed by atoms with Crippen LogP contribution in [-0.2, 0) is 7.05 Å². The van der Waals surface area contributed by atoms with Gasteiger partial charge < -0.3 is 19.5 Å². The van der Waals surface area contributed by atoms with Crippen molar-refractivity contribution < 1.29 is 19.0 Å². The first kappa shape index (κ1) is 18.2. The van der Waals surface area contributed by atoms with E-state index in [-0.39, 0.29) is 11.9 Å². The Morgan fingerprint density at radius 2 is 1.78 bits per heavy atom. The van der Waals surface area contributed by atoms with Crippen molar-refractivity contribution in [2.75, 3.05) is 26.6 Å². The second-order valence-corrected chi connectivity index (χ2v) is 5.52. The number of nitrogens with zero attached hydrogens (tertiary/aromatic N) is 4. The van der Waals surface area contributed by atoms with Crippen molar-refractivity contribution in [1.82, 2.24) is 19.7 Å². The van der Waals surface area contributed by atoms with E-state index in [1.54, 1.807) is 45.5 Å². The number of ether oxygens (including phenoxy) is 3. The molecule has 1 aromatic carbocycles. The van der Waals surface area contributed by atoms with E-state index in [1.165, 1.54) is 24.2 Å². The fourth-order valence-electron chi connectivity index (χ4n) is 2.51. The first-order valence-corrected chi connectivity index (χ1v) is 7.99. The van der Waals surface area contributed by atoms with Crippen molar-refractivity contribution in [2.24, 2.45) is 7.05 Å². The van der Waals surface area contributed by atoms with Gasteiger partial charge in [0.15, 0.2) is 0 Å². The molecule has 9 heteroatoms. The lowest BCUT2D eigenvalue weighted by atomic mass is 10.1. The molecule has 3 aromatic rings. The predicted octanol–water partition coefficient (Wildman–Crippen LogP) is 2.16. The summed E-state index contributed by atoms with van der Waals surface area (Å²) in [6.07, 6.45) is 2.93. The van der Waals surface area contributed by atoms with Crippen molar-refractivity contribution in [3.8, 4) is 28.8 Å². The minimum Gasteiger partial charge on any atom is -0.497 e. The van der Waals surface area contributed by atoms with Crippen LogP contribution >= 0.6 is 0 Å². The second-order valence-electron chi connectivity index (χ2n) is 5.52. The molecule has 0 saturated carbocycles. The van der Waals surface area contributed by atoms with Crippen LogP contribution in [0.2, 0.25) is 0 Å². The molecule has 140 valence electrons. The van der Waals surface area contributed by atoms with Crippen LogP contribution in [0.3, 0.4) is 0 Å². The molecule has 0 spiro atoms. The number of rotatable bonds is 6. The van der Waals surface area contributed by atoms with Crippen molar-refractivity contribution >= 4 is 11.6 Å². The van der Waals surface area contributed by atoms with Crippen LogP contribution in [0, 0.1) is 0 Å². The number of benzene rings is 1. The maximum Gasteiger partial charge on any atom is 0.316 e. The van der Waals surface area contributed by atoms with E-state index in [1.807, 2.05) is 0 Å². The summed E-state index contributed by atoms with van der Waals surface area (Å²) in [7, 11) is 6.32. The zero-order valence-corrected chi connectivity index (χ0v) is 15.4. The molecule has 0 aliphatic rings. The average Bonchev–Trinajstić information content (AvgIpc) is 3.09. The number of anilines is 1. The van der Waals surface area contributed by atoms with Crippen molar-refractivity contribution in [3.63, 3.8) is 0 Å². The number of nitrogens with one attached hydrogen (secondary N) is 1. The molecular formula is C18H19N5O4. The van der Waals surface area contributed by atoms with E-state index in [0.717, 1.165) is 5.56 Å². The fraction of sp³-hybridized carbons (Fsp3) is 0.222. The number of amides is 1. The summed E-state index contributed by atoms with van der Waals surface area (Å²) in [6, 6.07) is 7.29. The molecule has 0 fully saturated rings. The van der Waals surface area contributed by atoms with Gasteiger partial charge in [0.2, 0.25) is 0 Å². The van der Waals surface area contributed by atoms with E-state index in [0.29, 0.717) is 28.6 Å². The Bertz CT molecular complexity index is 953. The molecule has 2 aromatic heterocycles. The first-order chi connectivity index (χ1) is 13.0. The molecule has 9 nitrogen and oxygen atoms in total. The van der Waals surface area contributed by atoms with Gasteiger partial charge in [0.1, 0.15) is 17.2 Å². The van der Waals surface area contributed by atoms with E-state index in [2.05, 4.69) is 20.4 Å². The molecule has 0 aliphatic carbocycles. The average molecular weight is 369 g/mol. The molecule has 0 aliphatic heterocycles. The van der Waals surface area contributed by atoms with Gasteiger partial charge in [-0.2, -0.15) is 5.10 Å². The van der Waals surface area contributed by atoms with E-state index >= 15 is 0 Å². The van der Waals surface area contributed by atoms with E-state index in [9.17, 15) is 4.79 Å². The topological polar surface area (TPSA) is 100 Å². The number of carbonyl (C=O) groups is 1. The Balaban J connectivity index is 1.88. The summed E-state index contributed by atoms with van der Waals surface area (Å²) < 4.78 is 17.1. The monoisotopic (exact) mass is 369 g/mol. The van der Waals surface area contributed by atoms with Gasteiger partial charge in [0, 0.05) is 12.6 Å². The molecule has 27 heavy (non-hydrogen) atoms. The Labute approximate surface area is 155 Å². The standard InChI is InChI=1S/C18H19N5O4/c1-23-15(17(24)21-11-9-19-18(27-4)20-10-11)8-14(22-23)13-7-12(25-2)5-6-16(13)26-3/h5-10H,1-4H3,(H,21,24). The quantitative estimate of drug-likeness (QED) is 0.710. The van der Waals surface area contributed by atoms with Crippen LogP contribution in [0.1, 0.15) is 10.5 Å². The van der Waals surface area contributed by atoms with Crippen LogP contribution in [-0.4, -0.2) is 47.0 Å². The smallest absolute Gasteiger partial charge is 0.316 e. The molecule has 1 N–H and O–H groups in total. The van der Waals surface area contributed by atoms with Crippen molar-refractivity contribution in [1.29, 1.82) is 0 Å².